The Balaban J connectivity index is 2.99. The summed E-state index contributed by atoms with van der Waals surface area (Å²) in [5.41, 5.74) is 0. The van der Waals surface area contributed by atoms with Crippen molar-refractivity contribution in [3.05, 3.63) is 0 Å². The van der Waals surface area contributed by atoms with Gasteiger partial charge in [-0.25, -0.2) is 0 Å². The lowest BCUT2D eigenvalue weighted by atomic mass is 10.3. The fraction of sp³-hybridized carbons (Fsp3) is 1.00. The third-order valence-corrected chi connectivity index (χ3v) is 1.51. The van der Waals surface area contributed by atoms with E-state index in [0.29, 0.717) is 19.6 Å². The maximum absolute atomic E-state index is 8.93. The molecule has 0 radical (unpaired) electrons. The van der Waals surface area contributed by atoms with E-state index in [9.17, 15) is 0 Å². The summed E-state index contributed by atoms with van der Waals surface area (Å²) >= 11 is 0. The van der Waals surface area contributed by atoms with Crippen LogP contribution in [0.2, 0.25) is 0 Å². The first-order valence-corrected chi connectivity index (χ1v) is 4.55. The van der Waals surface area contributed by atoms with Crippen molar-refractivity contribution < 1.29 is 15.3 Å². The minimum Gasteiger partial charge on any atom is -0.394 e. The van der Waals surface area contributed by atoms with E-state index < -0.39 is 6.10 Å². The fourth-order valence-electron chi connectivity index (χ4n) is 0.821. The second-order valence-electron chi connectivity index (χ2n) is 3.09. The number of hydrogen-bond acceptors (Lipinski definition) is 5. The molecule has 2 atom stereocenters. The molecule has 80 valence electrons. The van der Waals surface area contributed by atoms with Gasteiger partial charge in [-0.3, -0.25) is 0 Å². The third kappa shape index (κ3) is 9.72. The van der Waals surface area contributed by atoms with Crippen LogP contribution in [0.1, 0.15) is 6.92 Å². The van der Waals surface area contributed by atoms with E-state index in [0.717, 1.165) is 6.54 Å². The topological polar surface area (TPSA) is 84.8 Å². The molecule has 0 aliphatic rings. The predicted molar refractivity (Wildman–Crippen MR) is 50.5 cm³/mol. The van der Waals surface area contributed by atoms with Gasteiger partial charge < -0.3 is 26.0 Å². The SMILES string of the molecule is CC(O)CNCCNCC(O)CO. The Morgan fingerprint density at radius 3 is 2.08 bits per heavy atom. The molecule has 0 fully saturated rings. The van der Waals surface area contributed by atoms with Crippen LogP contribution >= 0.6 is 0 Å². The van der Waals surface area contributed by atoms with Gasteiger partial charge in [0.05, 0.1) is 18.8 Å². The van der Waals surface area contributed by atoms with Crippen LogP contribution in [0.15, 0.2) is 0 Å². The van der Waals surface area contributed by atoms with Crippen LogP contribution in [-0.4, -0.2) is 60.3 Å². The monoisotopic (exact) mass is 192 g/mol. The van der Waals surface area contributed by atoms with Crippen LogP contribution in [-0.2, 0) is 0 Å². The van der Waals surface area contributed by atoms with Crippen molar-refractivity contribution in [2.24, 2.45) is 0 Å². The van der Waals surface area contributed by atoms with Crippen molar-refractivity contribution in [3.63, 3.8) is 0 Å². The first-order valence-electron chi connectivity index (χ1n) is 4.55. The highest BCUT2D eigenvalue weighted by atomic mass is 16.3. The molecular weight excluding hydrogens is 172 g/mol. The summed E-state index contributed by atoms with van der Waals surface area (Å²) in [4.78, 5) is 0. The van der Waals surface area contributed by atoms with Gasteiger partial charge in [0.25, 0.3) is 0 Å². The van der Waals surface area contributed by atoms with Gasteiger partial charge in [-0.2, -0.15) is 0 Å². The van der Waals surface area contributed by atoms with E-state index >= 15 is 0 Å². The van der Waals surface area contributed by atoms with Crippen molar-refractivity contribution in [1.82, 2.24) is 10.6 Å². The highest BCUT2D eigenvalue weighted by Crippen LogP contribution is 1.76. The molecule has 0 rings (SSSR count). The molecule has 0 heterocycles. The lowest BCUT2D eigenvalue weighted by Gasteiger charge is -2.10. The van der Waals surface area contributed by atoms with Crippen molar-refractivity contribution >= 4 is 0 Å². The van der Waals surface area contributed by atoms with Gasteiger partial charge >= 0.3 is 0 Å². The van der Waals surface area contributed by atoms with Crippen LogP contribution in [0.4, 0.5) is 0 Å². The van der Waals surface area contributed by atoms with Gasteiger partial charge in [0.15, 0.2) is 0 Å². The first-order chi connectivity index (χ1) is 6.16. The molecule has 5 heteroatoms. The van der Waals surface area contributed by atoms with Gasteiger partial charge in [0.2, 0.25) is 0 Å². The van der Waals surface area contributed by atoms with Crippen molar-refractivity contribution in [3.8, 4) is 0 Å². The third-order valence-electron chi connectivity index (χ3n) is 1.51. The average Bonchev–Trinajstić information content (AvgIpc) is 2.10. The number of aliphatic hydroxyl groups is 3. The van der Waals surface area contributed by atoms with Gasteiger partial charge in [-0.15, -0.1) is 0 Å². The number of hydrogen-bond donors (Lipinski definition) is 5. The van der Waals surface area contributed by atoms with Crippen LogP contribution in [0.5, 0.6) is 0 Å². The molecule has 0 aliphatic heterocycles. The summed E-state index contributed by atoms with van der Waals surface area (Å²) in [5, 5.41) is 32.3. The van der Waals surface area contributed by atoms with Gasteiger partial charge in [0.1, 0.15) is 0 Å². The molecule has 0 aromatic rings. The Labute approximate surface area is 78.8 Å². The quantitative estimate of drug-likeness (QED) is 0.284. The molecular formula is C8H20N2O3. The highest BCUT2D eigenvalue weighted by Gasteiger charge is 1.99. The summed E-state index contributed by atoms with van der Waals surface area (Å²) in [7, 11) is 0. The van der Waals surface area contributed by atoms with E-state index in [1.807, 2.05) is 0 Å². The van der Waals surface area contributed by atoms with E-state index in [-0.39, 0.29) is 12.7 Å². The molecule has 2 unspecified atom stereocenters. The molecule has 0 saturated carbocycles. The molecule has 0 saturated heterocycles. The summed E-state index contributed by atoms with van der Waals surface area (Å²) in [6, 6.07) is 0. The summed E-state index contributed by atoms with van der Waals surface area (Å²) in [6.45, 7) is 3.92. The number of rotatable bonds is 8. The summed E-state index contributed by atoms with van der Waals surface area (Å²) in [6.07, 6.45) is -1.01. The highest BCUT2D eigenvalue weighted by molar-refractivity contribution is 4.59. The standard InChI is InChI=1S/C8H20N2O3/c1-7(12)4-9-2-3-10-5-8(13)6-11/h7-13H,2-6H2,1H3. The smallest absolute Gasteiger partial charge is 0.0894 e. The van der Waals surface area contributed by atoms with Crippen LogP contribution in [0.25, 0.3) is 0 Å². The molecule has 13 heavy (non-hydrogen) atoms. The maximum Gasteiger partial charge on any atom is 0.0894 e. The molecule has 0 amide bonds. The normalized spacial score (nSPS) is 15.7. The Morgan fingerprint density at radius 2 is 1.62 bits per heavy atom. The summed E-state index contributed by atoms with van der Waals surface area (Å²) in [5.74, 6) is 0. The van der Waals surface area contributed by atoms with Crippen LogP contribution in [0, 0.1) is 0 Å². The molecule has 0 aromatic carbocycles. The average molecular weight is 192 g/mol. The van der Waals surface area contributed by atoms with Gasteiger partial charge in [0, 0.05) is 26.2 Å². The van der Waals surface area contributed by atoms with E-state index in [2.05, 4.69) is 10.6 Å². The van der Waals surface area contributed by atoms with Crippen LogP contribution in [0.3, 0.4) is 0 Å². The molecule has 5 N–H and O–H groups in total. The second kappa shape index (κ2) is 8.40. The Bertz CT molecular complexity index is 112. The van der Waals surface area contributed by atoms with E-state index in [1.54, 1.807) is 6.92 Å². The minimum atomic E-state index is -0.684. The van der Waals surface area contributed by atoms with E-state index in [4.69, 9.17) is 15.3 Å². The lowest BCUT2D eigenvalue weighted by molar-refractivity contribution is 0.0946. The molecule has 0 aliphatic carbocycles. The zero-order chi connectivity index (χ0) is 10.1. The van der Waals surface area contributed by atoms with E-state index in [1.165, 1.54) is 0 Å². The molecule has 0 aromatic heterocycles. The largest absolute Gasteiger partial charge is 0.394 e. The fourth-order valence-corrected chi connectivity index (χ4v) is 0.821. The van der Waals surface area contributed by atoms with Gasteiger partial charge in [-0.1, -0.05) is 0 Å². The Morgan fingerprint density at radius 1 is 1.08 bits per heavy atom. The zero-order valence-electron chi connectivity index (χ0n) is 8.03. The zero-order valence-corrected chi connectivity index (χ0v) is 8.03. The van der Waals surface area contributed by atoms with Crippen molar-refractivity contribution in [2.45, 2.75) is 19.1 Å². The molecule has 0 bridgehead atoms. The predicted octanol–water partition coefficient (Wildman–Crippen LogP) is -2.10. The number of aliphatic hydroxyl groups excluding tert-OH is 3. The van der Waals surface area contributed by atoms with Crippen LogP contribution < -0.4 is 10.6 Å². The molecule has 0 spiro atoms. The lowest BCUT2D eigenvalue weighted by Crippen LogP contribution is -2.36. The minimum absolute atomic E-state index is 0.214. The first kappa shape index (κ1) is 12.8. The molecule has 5 nitrogen and oxygen atoms in total. The Kier molecular flexibility index (Phi) is 8.27. The second-order valence-corrected chi connectivity index (χ2v) is 3.09. The van der Waals surface area contributed by atoms with Crippen molar-refractivity contribution in [2.75, 3.05) is 32.8 Å². The van der Waals surface area contributed by atoms with Crippen molar-refractivity contribution in [1.29, 1.82) is 0 Å². The summed E-state index contributed by atoms with van der Waals surface area (Å²) < 4.78 is 0. The maximum atomic E-state index is 8.93. The van der Waals surface area contributed by atoms with Gasteiger partial charge in [-0.05, 0) is 6.92 Å². The number of nitrogens with one attached hydrogen (secondary N) is 2. The Hall–Kier alpha value is -0.200.